The number of nitrogens with two attached hydrogens (primary N) is 1. The molecule has 1 aromatic rings. The summed E-state index contributed by atoms with van der Waals surface area (Å²) >= 11 is 0. The van der Waals surface area contributed by atoms with Crippen LogP contribution in [0.5, 0.6) is 0 Å². The summed E-state index contributed by atoms with van der Waals surface area (Å²) in [4.78, 5) is 11.6. The van der Waals surface area contributed by atoms with Crippen LogP contribution in [0.25, 0.3) is 0 Å². The number of carbonyl (C=O) groups excluding carboxylic acids is 1. The summed E-state index contributed by atoms with van der Waals surface area (Å²) in [5.41, 5.74) is 5.44. The van der Waals surface area contributed by atoms with Crippen molar-refractivity contribution in [3.05, 3.63) is 29.6 Å². The third kappa shape index (κ3) is 4.76. The highest BCUT2D eigenvalue weighted by Crippen LogP contribution is 2.15. The summed E-state index contributed by atoms with van der Waals surface area (Å²) in [5, 5.41) is 2.60. The molecule has 0 aliphatic carbocycles. The Morgan fingerprint density at radius 2 is 1.95 bits per heavy atom. The van der Waals surface area contributed by atoms with Gasteiger partial charge in [-0.1, -0.05) is 0 Å². The molecule has 21 heavy (non-hydrogen) atoms. The second kappa shape index (κ2) is 6.97. The molecule has 0 aliphatic heterocycles. The molecule has 0 saturated carbocycles. The number of halogens is 1. The first-order valence-corrected chi connectivity index (χ1v) is 7.97. The van der Waals surface area contributed by atoms with Crippen molar-refractivity contribution in [1.29, 1.82) is 0 Å². The third-order valence-electron chi connectivity index (χ3n) is 2.70. The van der Waals surface area contributed by atoms with Crippen molar-refractivity contribution in [2.75, 3.05) is 0 Å². The Balaban J connectivity index is 2.94. The Labute approximate surface area is 124 Å². The fourth-order valence-corrected chi connectivity index (χ4v) is 2.89. The molecule has 0 bridgehead atoms. The van der Waals surface area contributed by atoms with E-state index in [0.29, 0.717) is 0 Å². The first-order valence-electron chi connectivity index (χ1n) is 6.48. The molecule has 1 aromatic carbocycles. The summed E-state index contributed by atoms with van der Waals surface area (Å²) in [5.74, 6) is -1.00. The van der Waals surface area contributed by atoms with Crippen LogP contribution in [0, 0.1) is 5.82 Å². The molecule has 4 N–H and O–H groups in total. The summed E-state index contributed by atoms with van der Waals surface area (Å²) in [6.45, 7) is 4.86. The molecule has 1 unspecified atom stereocenters. The van der Waals surface area contributed by atoms with Gasteiger partial charge in [-0.05, 0) is 39.0 Å². The van der Waals surface area contributed by atoms with Gasteiger partial charge in [0.25, 0.3) is 0 Å². The van der Waals surface area contributed by atoms with Crippen LogP contribution in [0.3, 0.4) is 0 Å². The predicted octanol–water partition coefficient (Wildman–Crippen LogP) is 0.476. The van der Waals surface area contributed by atoms with E-state index in [1.54, 1.807) is 13.8 Å². The van der Waals surface area contributed by atoms with E-state index in [4.69, 9.17) is 5.73 Å². The molecular weight excluding hydrogens is 297 g/mol. The third-order valence-corrected chi connectivity index (χ3v) is 4.24. The lowest BCUT2D eigenvalue weighted by Crippen LogP contribution is -2.46. The van der Waals surface area contributed by atoms with E-state index in [1.165, 1.54) is 6.92 Å². The molecule has 6 nitrogen and oxygen atoms in total. The smallest absolute Gasteiger partial charge is 0.241 e. The molecule has 1 rings (SSSR count). The van der Waals surface area contributed by atoms with E-state index < -0.39 is 27.8 Å². The minimum absolute atomic E-state index is 0.0946. The summed E-state index contributed by atoms with van der Waals surface area (Å²) in [6, 6.07) is 2.28. The van der Waals surface area contributed by atoms with Gasteiger partial charge < -0.3 is 11.1 Å². The molecule has 0 fully saturated rings. The first kappa shape index (κ1) is 17.5. The van der Waals surface area contributed by atoms with Crippen LogP contribution >= 0.6 is 0 Å². The molecule has 0 spiro atoms. The topological polar surface area (TPSA) is 101 Å². The van der Waals surface area contributed by atoms with Gasteiger partial charge in [-0.3, -0.25) is 4.79 Å². The van der Waals surface area contributed by atoms with E-state index >= 15 is 0 Å². The van der Waals surface area contributed by atoms with E-state index in [1.807, 2.05) is 0 Å². The molecule has 1 atom stereocenters. The Hall–Kier alpha value is -1.51. The summed E-state index contributed by atoms with van der Waals surface area (Å²) in [7, 11) is -3.92. The average molecular weight is 317 g/mol. The summed E-state index contributed by atoms with van der Waals surface area (Å²) in [6.07, 6.45) is 0. The predicted molar refractivity (Wildman–Crippen MR) is 77.4 cm³/mol. The molecule has 1 amide bonds. The molecule has 0 heterocycles. The van der Waals surface area contributed by atoms with Crippen LogP contribution in [0.2, 0.25) is 0 Å². The van der Waals surface area contributed by atoms with Crippen LogP contribution in [-0.4, -0.2) is 26.4 Å². The first-order chi connectivity index (χ1) is 9.67. The maximum Gasteiger partial charge on any atom is 0.241 e. The highest BCUT2D eigenvalue weighted by molar-refractivity contribution is 7.89. The maximum atomic E-state index is 13.3. The van der Waals surface area contributed by atoms with Gasteiger partial charge in [0.2, 0.25) is 15.9 Å². The van der Waals surface area contributed by atoms with E-state index in [-0.39, 0.29) is 23.0 Å². The Bertz CT molecular complexity index is 617. The van der Waals surface area contributed by atoms with Crippen molar-refractivity contribution in [1.82, 2.24) is 10.0 Å². The minimum Gasteiger partial charge on any atom is -0.353 e. The van der Waals surface area contributed by atoms with E-state index in [2.05, 4.69) is 10.0 Å². The van der Waals surface area contributed by atoms with E-state index in [0.717, 1.165) is 18.2 Å². The molecule has 0 aromatic heterocycles. The molecule has 118 valence electrons. The number of benzene rings is 1. The zero-order chi connectivity index (χ0) is 16.2. The van der Waals surface area contributed by atoms with Gasteiger partial charge in [0.15, 0.2) is 0 Å². The van der Waals surface area contributed by atoms with Crippen LogP contribution in [0.1, 0.15) is 26.3 Å². The zero-order valence-corrected chi connectivity index (χ0v) is 13.0. The quantitative estimate of drug-likeness (QED) is 0.710. The van der Waals surface area contributed by atoms with Crippen molar-refractivity contribution < 1.29 is 17.6 Å². The van der Waals surface area contributed by atoms with Crippen molar-refractivity contribution in [2.45, 2.75) is 44.3 Å². The SMILES string of the molecule is CC(C)NC(=O)C(C)NS(=O)(=O)c1ccc(F)c(CN)c1. The van der Waals surface area contributed by atoms with Crippen LogP contribution in [-0.2, 0) is 21.4 Å². The fraction of sp³-hybridized carbons (Fsp3) is 0.462. The molecule has 8 heteroatoms. The van der Waals surface area contributed by atoms with Crippen LogP contribution < -0.4 is 15.8 Å². The molecular formula is C13H20FN3O3S. The lowest BCUT2D eigenvalue weighted by Gasteiger charge is -2.16. The van der Waals surface area contributed by atoms with Crippen molar-refractivity contribution >= 4 is 15.9 Å². The van der Waals surface area contributed by atoms with Crippen LogP contribution in [0.4, 0.5) is 4.39 Å². The van der Waals surface area contributed by atoms with Crippen molar-refractivity contribution in [3.63, 3.8) is 0 Å². The van der Waals surface area contributed by atoms with Gasteiger partial charge in [-0.25, -0.2) is 12.8 Å². The number of sulfonamides is 1. The van der Waals surface area contributed by atoms with Gasteiger partial charge in [0.05, 0.1) is 10.9 Å². The second-order valence-corrected chi connectivity index (χ2v) is 6.68. The largest absolute Gasteiger partial charge is 0.353 e. The normalized spacial score (nSPS) is 13.2. The van der Waals surface area contributed by atoms with E-state index in [9.17, 15) is 17.6 Å². The van der Waals surface area contributed by atoms with Gasteiger partial charge >= 0.3 is 0 Å². The van der Waals surface area contributed by atoms with Gasteiger partial charge in [-0.15, -0.1) is 0 Å². The molecule has 0 radical (unpaired) electrons. The standard InChI is InChI=1S/C13H20FN3O3S/c1-8(2)16-13(18)9(3)17-21(19,20)11-4-5-12(14)10(6-11)7-15/h4-6,8-9,17H,7,15H2,1-3H3,(H,16,18). The number of hydrogen-bond donors (Lipinski definition) is 3. The lowest BCUT2D eigenvalue weighted by molar-refractivity contribution is -0.122. The summed E-state index contributed by atoms with van der Waals surface area (Å²) < 4.78 is 39.9. The maximum absolute atomic E-state index is 13.3. The molecule has 0 saturated heterocycles. The van der Waals surface area contributed by atoms with Crippen molar-refractivity contribution in [2.24, 2.45) is 5.73 Å². The highest BCUT2D eigenvalue weighted by atomic mass is 32.2. The van der Waals surface area contributed by atoms with Crippen molar-refractivity contribution in [3.8, 4) is 0 Å². The Kier molecular flexibility index (Phi) is 5.82. The monoisotopic (exact) mass is 317 g/mol. The van der Waals surface area contributed by atoms with Crippen LogP contribution in [0.15, 0.2) is 23.1 Å². The highest BCUT2D eigenvalue weighted by Gasteiger charge is 2.23. The van der Waals surface area contributed by atoms with Gasteiger partial charge in [0, 0.05) is 18.2 Å². The zero-order valence-electron chi connectivity index (χ0n) is 12.2. The number of carbonyl (C=O) groups is 1. The van der Waals surface area contributed by atoms with Gasteiger partial charge in [-0.2, -0.15) is 4.72 Å². The Morgan fingerprint density at radius 1 is 1.33 bits per heavy atom. The fourth-order valence-electron chi connectivity index (χ4n) is 1.64. The number of amides is 1. The Morgan fingerprint density at radius 3 is 2.48 bits per heavy atom. The van der Waals surface area contributed by atoms with Gasteiger partial charge in [0.1, 0.15) is 5.82 Å². The number of rotatable bonds is 6. The second-order valence-electron chi connectivity index (χ2n) is 4.96. The number of nitrogens with one attached hydrogen (secondary N) is 2. The average Bonchev–Trinajstić information content (AvgIpc) is 2.37. The number of hydrogen-bond acceptors (Lipinski definition) is 4. The lowest BCUT2D eigenvalue weighted by atomic mass is 10.2. The minimum atomic E-state index is -3.92. The molecule has 0 aliphatic rings.